The molecule has 0 spiro atoms. The summed E-state index contributed by atoms with van der Waals surface area (Å²) in [6.45, 7) is 0. The van der Waals surface area contributed by atoms with E-state index in [4.69, 9.17) is 26.9 Å². The molecule has 1 aliphatic heterocycles. The van der Waals surface area contributed by atoms with Crippen LogP contribution in [0.15, 0.2) is 24.3 Å². The number of nitriles is 2. The van der Waals surface area contributed by atoms with Crippen LogP contribution in [0.25, 0.3) is 0 Å². The van der Waals surface area contributed by atoms with Gasteiger partial charge < -0.3 is 4.74 Å². The van der Waals surface area contributed by atoms with E-state index in [1.54, 1.807) is 24.3 Å². The van der Waals surface area contributed by atoms with Gasteiger partial charge in [-0.1, -0.05) is 23.7 Å². The lowest BCUT2D eigenvalue weighted by Crippen LogP contribution is -2.04. The van der Waals surface area contributed by atoms with Gasteiger partial charge in [-0.25, -0.2) is 0 Å². The normalized spacial score (nSPS) is 22.1. The van der Waals surface area contributed by atoms with Crippen molar-refractivity contribution in [1.29, 1.82) is 10.5 Å². The maximum atomic E-state index is 8.72. The maximum Gasteiger partial charge on any atom is 0.272 e. The van der Waals surface area contributed by atoms with E-state index in [2.05, 4.69) is 0 Å². The van der Waals surface area contributed by atoms with Crippen LogP contribution in [0.3, 0.4) is 0 Å². The lowest BCUT2D eigenvalue weighted by molar-refractivity contribution is 0.369. The van der Waals surface area contributed by atoms with Crippen molar-refractivity contribution in [2.75, 3.05) is 0 Å². The monoisotopic (exact) mass is 204 g/mol. The Bertz CT molecular complexity index is 427. The zero-order valence-electron chi connectivity index (χ0n) is 7.07. The summed E-state index contributed by atoms with van der Waals surface area (Å²) in [5.41, 5.74) is -0.481. The third-order valence-corrected chi connectivity index (χ3v) is 2.37. The molecule has 68 valence electrons. The van der Waals surface area contributed by atoms with E-state index in [0.717, 1.165) is 5.56 Å². The molecule has 1 aliphatic rings. The first-order valence-electron chi connectivity index (χ1n) is 3.97. The molecule has 0 radical (unpaired) electrons. The molecule has 0 amide bonds. The Morgan fingerprint density at radius 3 is 2.21 bits per heavy atom. The zero-order valence-corrected chi connectivity index (χ0v) is 7.82. The van der Waals surface area contributed by atoms with Crippen LogP contribution in [0, 0.1) is 22.7 Å². The number of ether oxygens (including phenoxy) is 1. The molecule has 14 heavy (non-hydrogen) atoms. The quantitative estimate of drug-likeness (QED) is 0.659. The molecule has 1 saturated heterocycles. The zero-order chi connectivity index (χ0) is 10.2. The van der Waals surface area contributed by atoms with Crippen molar-refractivity contribution in [1.82, 2.24) is 0 Å². The summed E-state index contributed by atoms with van der Waals surface area (Å²) in [6.07, 6.45) is -0.435. The Morgan fingerprint density at radius 1 is 1.21 bits per heavy atom. The number of rotatable bonds is 1. The van der Waals surface area contributed by atoms with Gasteiger partial charge in [0.25, 0.3) is 5.60 Å². The van der Waals surface area contributed by atoms with Crippen molar-refractivity contribution in [2.45, 2.75) is 11.7 Å². The van der Waals surface area contributed by atoms with Gasteiger partial charge in [0, 0.05) is 5.02 Å². The van der Waals surface area contributed by atoms with Gasteiger partial charge in [-0.15, -0.1) is 0 Å². The van der Waals surface area contributed by atoms with Crippen molar-refractivity contribution < 1.29 is 4.74 Å². The first-order chi connectivity index (χ1) is 6.72. The van der Waals surface area contributed by atoms with Crippen LogP contribution in [0.2, 0.25) is 5.02 Å². The Labute approximate surface area is 86.1 Å². The lowest BCUT2D eigenvalue weighted by atomic mass is 10.0. The molecule has 0 N–H and O–H groups in total. The largest absolute Gasteiger partial charge is 0.332 e. The fraction of sp³-hybridized carbons (Fsp3) is 0.200. The minimum atomic E-state index is -1.28. The smallest absolute Gasteiger partial charge is 0.272 e. The Balaban J connectivity index is 2.26. The number of halogens is 1. The molecule has 1 heterocycles. The molecule has 0 saturated carbocycles. The lowest BCUT2D eigenvalue weighted by Gasteiger charge is -1.95. The predicted molar refractivity (Wildman–Crippen MR) is 49.2 cm³/mol. The van der Waals surface area contributed by atoms with Crippen LogP contribution in [0.5, 0.6) is 0 Å². The van der Waals surface area contributed by atoms with Gasteiger partial charge >= 0.3 is 0 Å². The van der Waals surface area contributed by atoms with Crippen LogP contribution in [0.1, 0.15) is 11.7 Å². The van der Waals surface area contributed by atoms with E-state index in [1.807, 2.05) is 12.1 Å². The molecule has 1 aromatic rings. The van der Waals surface area contributed by atoms with Crippen LogP contribution in [0.4, 0.5) is 0 Å². The van der Waals surface area contributed by atoms with Crippen LogP contribution in [-0.2, 0) is 4.74 Å². The minimum absolute atomic E-state index is 0.435. The van der Waals surface area contributed by atoms with Crippen molar-refractivity contribution in [2.24, 2.45) is 0 Å². The molecular weight excluding hydrogens is 200 g/mol. The average Bonchev–Trinajstić information content (AvgIpc) is 2.94. The predicted octanol–water partition coefficient (Wildman–Crippen LogP) is 2.20. The SMILES string of the molecule is N#CC1(C#N)OC1c1ccc(Cl)cc1. The van der Waals surface area contributed by atoms with E-state index in [-0.39, 0.29) is 0 Å². The molecule has 1 aromatic carbocycles. The topological polar surface area (TPSA) is 60.1 Å². The van der Waals surface area contributed by atoms with Gasteiger partial charge in [-0.05, 0) is 17.7 Å². The highest BCUT2D eigenvalue weighted by atomic mass is 35.5. The number of hydrogen-bond donors (Lipinski definition) is 0. The molecular formula is C10H5ClN2O. The summed E-state index contributed by atoms with van der Waals surface area (Å²) < 4.78 is 5.06. The third kappa shape index (κ3) is 1.24. The molecule has 1 atom stereocenters. The van der Waals surface area contributed by atoms with E-state index >= 15 is 0 Å². The molecule has 2 rings (SSSR count). The van der Waals surface area contributed by atoms with E-state index in [0.29, 0.717) is 5.02 Å². The van der Waals surface area contributed by atoms with Crippen molar-refractivity contribution in [3.63, 3.8) is 0 Å². The van der Waals surface area contributed by atoms with E-state index in [1.165, 1.54) is 0 Å². The highest BCUT2D eigenvalue weighted by molar-refractivity contribution is 6.30. The molecule has 0 aromatic heterocycles. The summed E-state index contributed by atoms with van der Waals surface area (Å²) >= 11 is 5.70. The fourth-order valence-electron chi connectivity index (χ4n) is 1.29. The van der Waals surface area contributed by atoms with Gasteiger partial charge in [0.05, 0.1) is 0 Å². The Kier molecular flexibility index (Phi) is 1.93. The van der Waals surface area contributed by atoms with Gasteiger partial charge in [0.15, 0.2) is 0 Å². The van der Waals surface area contributed by atoms with Gasteiger partial charge in [0.1, 0.15) is 18.2 Å². The first-order valence-corrected chi connectivity index (χ1v) is 4.35. The van der Waals surface area contributed by atoms with E-state index in [9.17, 15) is 0 Å². The molecule has 0 aliphatic carbocycles. The van der Waals surface area contributed by atoms with Gasteiger partial charge in [-0.3, -0.25) is 0 Å². The summed E-state index contributed by atoms with van der Waals surface area (Å²) in [5.74, 6) is 0. The third-order valence-electron chi connectivity index (χ3n) is 2.12. The number of epoxide rings is 1. The van der Waals surface area contributed by atoms with Crippen LogP contribution < -0.4 is 0 Å². The van der Waals surface area contributed by atoms with Crippen molar-refractivity contribution in [3.8, 4) is 12.1 Å². The van der Waals surface area contributed by atoms with Gasteiger partial charge in [-0.2, -0.15) is 10.5 Å². The molecule has 3 nitrogen and oxygen atoms in total. The van der Waals surface area contributed by atoms with Crippen molar-refractivity contribution >= 4 is 11.6 Å². The highest BCUT2D eigenvalue weighted by Gasteiger charge is 2.59. The molecule has 0 bridgehead atoms. The average molecular weight is 205 g/mol. The second-order valence-electron chi connectivity index (χ2n) is 3.01. The molecule has 1 fully saturated rings. The highest BCUT2D eigenvalue weighted by Crippen LogP contribution is 2.48. The fourth-order valence-corrected chi connectivity index (χ4v) is 1.41. The summed E-state index contributed by atoms with van der Waals surface area (Å²) in [5, 5.41) is 18.1. The number of hydrogen-bond acceptors (Lipinski definition) is 3. The summed E-state index contributed by atoms with van der Waals surface area (Å²) in [7, 11) is 0. The van der Waals surface area contributed by atoms with Crippen LogP contribution in [-0.4, -0.2) is 5.60 Å². The maximum absolute atomic E-state index is 8.72. The van der Waals surface area contributed by atoms with Crippen LogP contribution >= 0.6 is 11.6 Å². The summed E-state index contributed by atoms with van der Waals surface area (Å²) in [6, 6.07) is 10.6. The standard InChI is InChI=1S/C10H5ClN2O/c11-8-3-1-7(2-4-8)9-10(5-12,6-13)14-9/h1-4,9H. The summed E-state index contributed by atoms with van der Waals surface area (Å²) in [4.78, 5) is 0. The Morgan fingerprint density at radius 2 is 1.79 bits per heavy atom. The van der Waals surface area contributed by atoms with E-state index < -0.39 is 11.7 Å². The first kappa shape index (κ1) is 9.02. The second-order valence-corrected chi connectivity index (χ2v) is 3.45. The second kappa shape index (κ2) is 2.99. The Hall–Kier alpha value is -1.55. The number of nitrogens with zero attached hydrogens (tertiary/aromatic N) is 2. The van der Waals surface area contributed by atoms with Gasteiger partial charge in [0.2, 0.25) is 0 Å². The molecule has 4 heteroatoms. The van der Waals surface area contributed by atoms with Crippen molar-refractivity contribution in [3.05, 3.63) is 34.9 Å². The minimum Gasteiger partial charge on any atom is -0.332 e. The number of benzene rings is 1. The molecule has 1 unspecified atom stereocenters.